The van der Waals surface area contributed by atoms with Gasteiger partial charge in [-0.1, -0.05) is 37.3 Å². The second kappa shape index (κ2) is 7.97. The molecule has 0 aliphatic carbocycles. The molecule has 1 heterocycles. The molecule has 0 spiro atoms. The minimum Gasteiger partial charge on any atom is -0.494 e. The highest BCUT2D eigenvalue weighted by molar-refractivity contribution is 5.87. The summed E-state index contributed by atoms with van der Waals surface area (Å²) in [6.45, 7) is 7.69. The number of nitrogens with zero attached hydrogens (tertiary/aromatic N) is 2. The third kappa shape index (κ3) is 3.95. The Hall–Kier alpha value is -2.33. The van der Waals surface area contributed by atoms with Gasteiger partial charge in [0.05, 0.1) is 12.9 Å². The lowest BCUT2D eigenvalue weighted by molar-refractivity contribution is 0.335. The molecular formula is C20H25N3O. The summed E-state index contributed by atoms with van der Waals surface area (Å²) in [7, 11) is 0. The Labute approximate surface area is 143 Å². The number of hydrogen-bond acceptors (Lipinski definition) is 3. The second-order valence-corrected chi connectivity index (χ2v) is 6.19. The average molecular weight is 323 g/mol. The number of benzene rings is 2. The summed E-state index contributed by atoms with van der Waals surface area (Å²) in [5, 5.41) is 6.11. The van der Waals surface area contributed by atoms with Gasteiger partial charge in [0, 0.05) is 31.0 Å². The van der Waals surface area contributed by atoms with Crippen LogP contribution in [0.15, 0.2) is 55.1 Å². The van der Waals surface area contributed by atoms with Crippen molar-refractivity contribution in [2.75, 3.05) is 13.2 Å². The Bertz CT molecular complexity index is 768. The summed E-state index contributed by atoms with van der Waals surface area (Å²) in [4.78, 5) is 4.10. The highest BCUT2D eigenvalue weighted by Gasteiger charge is 2.09. The summed E-state index contributed by atoms with van der Waals surface area (Å²) >= 11 is 0. The molecule has 3 rings (SSSR count). The molecule has 1 aromatic heterocycles. The van der Waals surface area contributed by atoms with E-state index in [1.54, 1.807) is 0 Å². The molecule has 1 N–H and O–H groups in total. The zero-order valence-electron chi connectivity index (χ0n) is 14.4. The molecule has 0 amide bonds. The zero-order valence-corrected chi connectivity index (χ0v) is 14.4. The van der Waals surface area contributed by atoms with E-state index in [-0.39, 0.29) is 0 Å². The Morgan fingerprint density at radius 3 is 2.88 bits per heavy atom. The van der Waals surface area contributed by atoms with Gasteiger partial charge in [-0.25, -0.2) is 4.98 Å². The SMILES string of the molecule is CCOc1ccc2ccccc2c1CNC[C@H](C)Cn1ccnc1. The van der Waals surface area contributed by atoms with Gasteiger partial charge < -0.3 is 14.6 Å². The summed E-state index contributed by atoms with van der Waals surface area (Å²) < 4.78 is 7.96. The number of hydrogen-bond donors (Lipinski definition) is 1. The van der Waals surface area contributed by atoms with Crippen molar-refractivity contribution in [3.63, 3.8) is 0 Å². The molecule has 4 heteroatoms. The molecule has 1 atom stereocenters. The Morgan fingerprint density at radius 1 is 1.21 bits per heavy atom. The fraction of sp³-hybridized carbons (Fsp3) is 0.350. The molecular weight excluding hydrogens is 298 g/mol. The van der Waals surface area contributed by atoms with E-state index in [2.05, 4.69) is 58.2 Å². The average Bonchev–Trinajstić information content (AvgIpc) is 3.09. The fourth-order valence-electron chi connectivity index (χ4n) is 3.05. The lowest BCUT2D eigenvalue weighted by Crippen LogP contribution is -2.24. The standard InChI is InChI=1S/C20H25N3O/c1-3-24-20-9-8-17-6-4-5-7-18(17)19(20)13-22-12-16(2)14-23-11-10-21-15-23/h4-11,15-16,22H,3,12-14H2,1-2H3/t16-/m0/s1. The van der Waals surface area contributed by atoms with E-state index in [1.165, 1.54) is 16.3 Å². The molecule has 24 heavy (non-hydrogen) atoms. The molecule has 0 fully saturated rings. The molecule has 0 aliphatic heterocycles. The number of aromatic nitrogens is 2. The maximum atomic E-state index is 5.84. The van der Waals surface area contributed by atoms with Gasteiger partial charge in [-0.3, -0.25) is 0 Å². The van der Waals surface area contributed by atoms with Crippen molar-refractivity contribution in [1.29, 1.82) is 0 Å². The van der Waals surface area contributed by atoms with Gasteiger partial charge in [-0.15, -0.1) is 0 Å². The Kier molecular flexibility index (Phi) is 5.49. The van der Waals surface area contributed by atoms with Crippen LogP contribution in [0, 0.1) is 5.92 Å². The smallest absolute Gasteiger partial charge is 0.124 e. The van der Waals surface area contributed by atoms with Crippen LogP contribution in [0.4, 0.5) is 0 Å². The van der Waals surface area contributed by atoms with E-state index in [9.17, 15) is 0 Å². The Morgan fingerprint density at radius 2 is 2.08 bits per heavy atom. The maximum absolute atomic E-state index is 5.84. The monoisotopic (exact) mass is 323 g/mol. The van der Waals surface area contributed by atoms with Gasteiger partial charge >= 0.3 is 0 Å². The number of nitrogens with one attached hydrogen (secondary N) is 1. The highest BCUT2D eigenvalue weighted by Crippen LogP contribution is 2.28. The third-order valence-electron chi connectivity index (χ3n) is 4.17. The number of rotatable bonds is 8. The largest absolute Gasteiger partial charge is 0.494 e. The molecule has 0 unspecified atom stereocenters. The van der Waals surface area contributed by atoms with Crippen LogP contribution in [0.2, 0.25) is 0 Å². The van der Waals surface area contributed by atoms with E-state index >= 15 is 0 Å². The van der Waals surface area contributed by atoms with Crippen molar-refractivity contribution in [1.82, 2.24) is 14.9 Å². The van der Waals surface area contributed by atoms with Crippen LogP contribution < -0.4 is 10.1 Å². The first-order valence-electron chi connectivity index (χ1n) is 8.57. The van der Waals surface area contributed by atoms with Crippen LogP contribution in [-0.2, 0) is 13.1 Å². The van der Waals surface area contributed by atoms with Crippen LogP contribution in [-0.4, -0.2) is 22.7 Å². The first kappa shape index (κ1) is 16.5. The molecule has 0 saturated heterocycles. The summed E-state index contributed by atoms with van der Waals surface area (Å²) in [5.41, 5.74) is 1.24. The van der Waals surface area contributed by atoms with E-state index in [0.717, 1.165) is 25.4 Å². The van der Waals surface area contributed by atoms with Crippen molar-refractivity contribution < 1.29 is 4.74 Å². The van der Waals surface area contributed by atoms with E-state index in [4.69, 9.17) is 4.74 Å². The topological polar surface area (TPSA) is 39.1 Å². The van der Waals surface area contributed by atoms with Crippen LogP contribution in [0.3, 0.4) is 0 Å². The van der Waals surface area contributed by atoms with E-state index in [0.29, 0.717) is 12.5 Å². The molecule has 4 nitrogen and oxygen atoms in total. The van der Waals surface area contributed by atoms with Crippen molar-refractivity contribution in [2.24, 2.45) is 5.92 Å². The molecule has 0 saturated carbocycles. The summed E-state index contributed by atoms with van der Waals surface area (Å²) in [6.07, 6.45) is 5.70. The lowest BCUT2D eigenvalue weighted by Gasteiger charge is -2.16. The minimum atomic E-state index is 0.532. The molecule has 126 valence electrons. The minimum absolute atomic E-state index is 0.532. The van der Waals surface area contributed by atoms with Crippen LogP contribution in [0.25, 0.3) is 10.8 Å². The van der Waals surface area contributed by atoms with Crippen LogP contribution >= 0.6 is 0 Å². The lowest BCUT2D eigenvalue weighted by atomic mass is 10.0. The number of ether oxygens (including phenoxy) is 1. The quantitative estimate of drug-likeness (QED) is 0.684. The highest BCUT2D eigenvalue weighted by atomic mass is 16.5. The number of imidazole rings is 1. The zero-order chi connectivity index (χ0) is 16.8. The number of fused-ring (bicyclic) bond motifs is 1. The Balaban J connectivity index is 1.68. The first-order chi connectivity index (χ1) is 11.8. The van der Waals surface area contributed by atoms with Gasteiger partial charge in [0.25, 0.3) is 0 Å². The van der Waals surface area contributed by atoms with Gasteiger partial charge in [-0.05, 0) is 36.2 Å². The molecule has 0 bridgehead atoms. The predicted molar refractivity (Wildman–Crippen MR) is 98.2 cm³/mol. The summed E-state index contributed by atoms with van der Waals surface area (Å²) in [6, 6.07) is 12.7. The molecule has 0 radical (unpaired) electrons. The molecule has 0 aliphatic rings. The normalized spacial score (nSPS) is 12.4. The van der Waals surface area contributed by atoms with Gasteiger partial charge in [0.15, 0.2) is 0 Å². The first-order valence-corrected chi connectivity index (χ1v) is 8.57. The van der Waals surface area contributed by atoms with Crippen LogP contribution in [0.1, 0.15) is 19.4 Å². The molecule has 2 aromatic carbocycles. The van der Waals surface area contributed by atoms with Gasteiger partial charge in [0.2, 0.25) is 0 Å². The van der Waals surface area contributed by atoms with Crippen molar-refractivity contribution >= 4 is 10.8 Å². The van der Waals surface area contributed by atoms with Gasteiger partial charge in [-0.2, -0.15) is 0 Å². The van der Waals surface area contributed by atoms with E-state index in [1.807, 2.05) is 25.6 Å². The van der Waals surface area contributed by atoms with E-state index < -0.39 is 0 Å². The van der Waals surface area contributed by atoms with Crippen molar-refractivity contribution in [3.8, 4) is 5.75 Å². The van der Waals surface area contributed by atoms with Crippen LogP contribution in [0.5, 0.6) is 5.75 Å². The van der Waals surface area contributed by atoms with Crippen molar-refractivity contribution in [2.45, 2.75) is 26.9 Å². The second-order valence-electron chi connectivity index (χ2n) is 6.19. The van der Waals surface area contributed by atoms with Gasteiger partial charge in [0.1, 0.15) is 5.75 Å². The summed E-state index contributed by atoms with van der Waals surface area (Å²) in [5.74, 6) is 1.51. The fourth-order valence-corrected chi connectivity index (χ4v) is 3.05. The third-order valence-corrected chi connectivity index (χ3v) is 4.17. The molecule has 3 aromatic rings. The predicted octanol–water partition coefficient (Wildman–Crippen LogP) is 3.86. The maximum Gasteiger partial charge on any atom is 0.124 e. The van der Waals surface area contributed by atoms with Crippen molar-refractivity contribution in [3.05, 3.63) is 60.7 Å².